The second-order valence-electron chi connectivity index (χ2n) is 0.726. The van der Waals surface area contributed by atoms with E-state index in [4.69, 9.17) is 1.12 Å². The number of carbonyl (C=O) groups excluding carboxylic acids is 1. The molecule has 0 aromatic rings. The first-order valence-corrected chi connectivity index (χ1v) is 1.88. The van der Waals surface area contributed by atoms with E-state index in [0.717, 1.165) is 0 Å². The van der Waals surface area contributed by atoms with Crippen molar-refractivity contribution >= 4 is 17.6 Å². The molecule has 0 aromatic carbocycles. The van der Waals surface area contributed by atoms with Gasteiger partial charge in [-0.25, -0.2) is 0 Å². The second kappa shape index (κ2) is 5.02. The third kappa shape index (κ3) is 8.99. The van der Waals surface area contributed by atoms with E-state index in [-0.39, 0.29) is 12.5 Å². The first-order valence-electron chi connectivity index (χ1n) is 1.88. The summed E-state index contributed by atoms with van der Waals surface area (Å²) in [6.45, 7) is 1.74. The second-order valence-corrected chi connectivity index (χ2v) is 1.18. The summed E-state index contributed by atoms with van der Waals surface area (Å²) in [7, 11) is 0. The van der Waals surface area contributed by atoms with Crippen LogP contribution in [0.3, 0.4) is 0 Å². The summed E-state index contributed by atoms with van der Waals surface area (Å²) in [6.07, 6.45) is 0.466. The van der Waals surface area contributed by atoms with Gasteiger partial charge in [-0.05, 0) is 0 Å². The van der Waals surface area contributed by atoms with Crippen LogP contribution in [-0.4, -0.2) is 6.24 Å². The normalized spacial score (nSPS) is 8.50. The zero-order chi connectivity index (χ0) is 4.99. The first kappa shape index (κ1) is 6.02. The monoisotopic (exact) mass is 108 g/mol. The van der Waals surface area contributed by atoms with Crippen molar-refractivity contribution in [2.45, 2.75) is 20.8 Å². The molecule has 6 heavy (non-hydrogen) atoms. The zero-order valence-electron chi connectivity index (χ0n) is 4.02. The minimum Gasteiger partial charge on any atom is -0.288 e. The number of rotatable bonds is 1. The van der Waals surface area contributed by atoms with Crippen molar-refractivity contribution in [1.29, 1.82) is 1.12 Å². The zero-order valence-corrected chi connectivity index (χ0v) is 3.84. The number of hydrogen-bond acceptors (Lipinski definition) is 2. The van der Waals surface area contributed by atoms with E-state index in [9.17, 15) is 4.79 Å². The van der Waals surface area contributed by atoms with E-state index < -0.39 is 0 Å². The van der Waals surface area contributed by atoms with E-state index in [0.29, 0.717) is 19.0 Å². The molecule has 0 unspecified atom stereocenters. The molecule has 0 radical (unpaired) electrons. The fourth-order valence-electron chi connectivity index (χ4n) is 0. The van der Waals surface area contributed by atoms with Crippen LogP contribution < -0.4 is 0 Å². The lowest BCUT2D eigenvalue weighted by molar-refractivity contribution is -0.110. The summed E-state index contributed by atoms with van der Waals surface area (Å²) >= 11 is 0.536. The SMILES string of the molecule is C.[3H]SC(=O)CC. The van der Waals surface area contributed by atoms with Gasteiger partial charge in [0.1, 0.15) is 1.12 Å². The minimum atomic E-state index is -0.0741. The Morgan fingerprint density at radius 2 is 2.67 bits per heavy atom. The topological polar surface area (TPSA) is 17.1 Å². The van der Waals surface area contributed by atoms with Gasteiger partial charge in [-0.15, -0.1) is 12.5 Å². The van der Waals surface area contributed by atoms with Crippen LogP contribution in [0.2, 0.25) is 0 Å². The summed E-state index contributed by atoms with van der Waals surface area (Å²) in [6, 6.07) is 0. The minimum absolute atomic E-state index is 0. The predicted octanol–water partition coefficient (Wildman–Crippen LogP) is 1.49. The average molecular weight is 108 g/mol. The Morgan fingerprint density at radius 3 is 2.67 bits per heavy atom. The molecule has 0 aliphatic carbocycles. The molecule has 0 rings (SSSR count). The molecule has 0 aliphatic heterocycles. The van der Waals surface area contributed by atoms with Gasteiger partial charge in [-0.2, -0.15) is 0 Å². The Kier molecular flexibility index (Phi) is 5.04. The molecule has 0 N–H and O–H groups in total. The van der Waals surface area contributed by atoms with Gasteiger partial charge in [0.25, 0.3) is 0 Å². The molecule has 0 fully saturated rings. The fraction of sp³-hybridized carbons (Fsp3) is 0.750. The third-order valence-electron chi connectivity index (χ3n) is 0.289. The fourth-order valence-corrected chi connectivity index (χ4v) is 0. The Labute approximate surface area is 45.2 Å². The number of hydrogen-bond donors (Lipinski definition) is 1. The van der Waals surface area contributed by atoms with E-state index in [1.165, 1.54) is 0 Å². The van der Waals surface area contributed by atoms with Gasteiger partial charge in [0.2, 0.25) is 0 Å². The molecule has 2 heteroatoms. The third-order valence-corrected chi connectivity index (χ3v) is 0.577. The Balaban J connectivity index is 0. The van der Waals surface area contributed by atoms with E-state index in [2.05, 4.69) is 0 Å². The number of thiol groups is 1. The molecule has 0 bridgehead atoms. The molecule has 0 saturated carbocycles. The van der Waals surface area contributed by atoms with Gasteiger partial charge in [-0.3, -0.25) is 4.79 Å². The van der Waals surface area contributed by atoms with E-state index in [1.807, 2.05) is 0 Å². The largest absolute Gasteiger partial charge is 0.288 e. The van der Waals surface area contributed by atoms with Crippen LogP contribution >= 0.6 is 12.5 Å². The first-order chi connectivity index (χ1) is 2.81. The van der Waals surface area contributed by atoms with Crippen LogP contribution in [0.25, 0.3) is 0 Å². The molecule has 0 aliphatic rings. The molecule has 0 spiro atoms. The van der Waals surface area contributed by atoms with Crippen molar-refractivity contribution in [2.75, 3.05) is 0 Å². The van der Waals surface area contributed by atoms with Crippen molar-refractivity contribution in [1.82, 2.24) is 0 Å². The Hall–Kier alpha value is 0.0200. The highest BCUT2D eigenvalue weighted by Crippen LogP contribution is 1.80. The molecule has 0 aromatic heterocycles. The van der Waals surface area contributed by atoms with Crippen molar-refractivity contribution in [3.63, 3.8) is 0 Å². The van der Waals surface area contributed by atoms with Crippen LogP contribution in [0.1, 0.15) is 20.8 Å². The summed E-state index contributed by atoms with van der Waals surface area (Å²) in [5, 5.41) is -0.0741. The molecular weight excluding hydrogens is 96.1 g/mol. The maximum absolute atomic E-state index is 9.96. The summed E-state index contributed by atoms with van der Waals surface area (Å²) in [4.78, 5) is 9.96. The summed E-state index contributed by atoms with van der Waals surface area (Å²) in [5.41, 5.74) is 0. The summed E-state index contributed by atoms with van der Waals surface area (Å²) < 4.78 is 6.38. The van der Waals surface area contributed by atoms with Crippen LogP contribution in [0, 0.1) is 0 Å². The molecule has 0 amide bonds. The highest BCUT2D eigenvalue weighted by atomic mass is 32.1. The Morgan fingerprint density at radius 1 is 2.17 bits per heavy atom. The predicted molar refractivity (Wildman–Crippen MR) is 31.0 cm³/mol. The molecule has 1 nitrogen and oxygen atoms in total. The van der Waals surface area contributed by atoms with Crippen LogP contribution in [0.15, 0.2) is 0 Å². The van der Waals surface area contributed by atoms with Gasteiger partial charge in [0, 0.05) is 6.42 Å². The van der Waals surface area contributed by atoms with Crippen molar-refractivity contribution in [3.8, 4) is 0 Å². The molecule has 38 valence electrons. The molecular formula is C4H10OS. The quantitative estimate of drug-likeness (QED) is 0.503. The van der Waals surface area contributed by atoms with Crippen molar-refractivity contribution in [3.05, 3.63) is 0 Å². The van der Waals surface area contributed by atoms with Crippen LogP contribution in [-0.2, 0) is 4.79 Å². The Bertz CT molecular complexity index is 49.7. The smallest absolute Gasteiger partial charge is 0.185 e. The maximum atomic E-state index is 9.96. The lowest BCUT2D eigenvalue weighted by Gasteiger charge is -1.70. The van der Waals surface area contributed by atoms with E-state index in [1.54, 1.807) is 6.92 Å². The van der Waals surface area contributed by atoms with Crippen LogP contribution in [0.4, 0.5) is 0 Å². The lowest BCUT2D eigenvalue weighted by Crippen LogP contribution is -1.74. The molecule has 0 heterocycles. The maximum Gasteiger partial charge on any atom is 0.185 e. The summed E-state index contributed by atoms with van der Waals surface area (Å²) in [5.74, 6) is 0. The van der Waals surface area contributed by atoms with Gasteiger partial charge in [0.15, 0.2) is 5.12 Å². The van der Waals surface area contributed by atoms with Crippen molar-refractivity contribution in [2.24, 2.45) is 0 Å². The standard InChI is InChI=1S/C3H6OS.CH4/c1-2-3(4)5;/h2H2,1H3,(H,4,5);1H4/i/hT. The van der Waals surface area contributed by atoms with Gasteiger partial charge in [-0.1, -0.05) is 14.4 Å². The highest BCUT2D eigenvalue weighted by Gasteiger charge is 1.78. The van der Waals surface area contributed by atoms with Crippen LogP contribution in [0.5, 0.6) is 0 Å². The highest BCUT2D eigenvalue weighted by molar-refractivity contribution is 7.96. The average Bonchev–Trinajstić information content (AvgIpc) is 1.65. The van der Waals surface area contributed by atoms with Crippen molar-refractivity contribution < 1.29 is 4.79 Å². The van der Waals surface area contributed by atoms with Gasteiger partial charge >= 0.3 is 0 Å². The molecule has 0 saturated heterocycles. The lowest BCUT2D eigenvalue weighted by atomic mass is 10.6. The van der Waals surface area contributed by atoms with Gasteiger partial charge in [0.05, 0.1) is 0 Å². The molecule has 0 atom stereocenters. The van der Waals surface area contributed by atoms with Gasteiger partial charge < -0.3 is 0 Å². The van der Waals surface area contributed by atoms with E-state index >= 15 is 0 Å². The number of carbonyl (C=O) groups is 1.